The number of hydrogen-bond donors (Lipinski definition) is 1. The second-order valence-corrected chi connectivity index (χ2v) is 4.46. The van der Waals surface area contributed by atoms with E-state index in [1.165, 1.54) is 18.9 Å². The molecule has 0 unspecified atom stereocenters. The summed E-state index contributed by atoms with van der Waals surface area (Å²) in [5.74, 6) is -1.55. The summed E-state index contributed by atoms with van der Waals surface area (Å²) in [6.45, 7) is 0. The predicted molar refractivity (Wildman–Crippen MR) is 68.5 cm³/mol. The SMILES string of the molecule is COc1c(F)cc(F)cc1C=NN=C1NC(=O)CS1. The number of nitrogens with zero attached hydrogens (tertiary/aromatic N) is 2. The number of rotatable bonds is 3. The molecule has 1 heterocycles. The fourth-order valence-corrected chi connectivity index (χ4v) is 2.05. The highest BCUT2D eigenvalue weighted by Crippen LogP contribution is 2.22. The van der Waals surface area contributed by atoms with E-state index in [9.17, 15) is 13.6 Å². The molecule has 1 saturated heterocycles. The van der Waals surface area contributed by atoms with Gasteiger partial charge in [-0.2, -0.15) is 5.10 Å². The van der Waals surface area contributed by atoms with Crippen LogP contribution in [0.4, 0.5) is 8.78 Å². The first kappa shape index (κ1) is 13.5. The highest BCUT2D eigenvalue weighted by Gasteiger charge is 2.16. The molecule has 0 bridgehead atoms. The fourth-order valence-electron chi connectivity index (χ4n) is 1.41. The quantitative estimate of drug-likeness (QED) is 0.676. The van der Waals surface area contributed by atoms with Crippen LogP contribution in [0.3, 0.4) is 0 Å². The Hall–Kier alpha value is -1.96. The van der Waals surface area contributed by atoms with E-state index in [1.54, 1.807) is 0 Å². The Bertz CT molecular complexity index is 575. The number of hydrogen-bond acceptors (Lipinski definition) is 5. The minimum absolute atomic E-state index is 0.117. The van der Waals surface area contributed by atoms with Gasteiger partial charge in [0.15, 0.2) is 16.7 Å². The van der Waals surface area contributed by atoms with Crippen molar-refractivity contribution in [3.05, 3.63) is 29.3 Å². The minimum atomic E-state index is -0.819. The van der Waals surface area contributed by atoms with Crippen LogP contribution in [0.1, 0.15) is 5.56 Å². The lowest BCUT2D eigenvalue weighted by Crippen LogP contribution is -2.19. The van der Waals surface area contributed by atoms with Crippen LogP contribution >= 0.6 is 11.8 Å². The topological polar surface area (TPSA) is 63.1 Å². The molecule has 0 aliphatic carbocycles. The summed E-state index contributed by atoms with van der Waals surface area (Å²) in [5, 5.41) is 10.2. The van der Waals surface area contributed by atoms with Crippen molar-refractivity contribution in [3.63, 3.8) is 0 Å². The highest BCUT2D eigenvalue weighted by atomic mass is 32.2. The van der Waals surface area contributed by atoms with Crippen molar-refractivity contribution in [2.75, 3.05) is 12.9 Å². The zero-order chi connectivity index (χ0) is 13.8. The van der Waals surface area contributed by atoms with E-state index >= 15 is 0 Å². The van der Waals surface area contributed by atoms with Crippen LogP contribution in [-0.2, 0) is 4.79 Å². The number of amidine groups is 1. The van der Waals surface area contributed by atoms with Gasteiger partial charge in [0.1, 0.15) is 5.82 Å². The fraction of sp³-hybridized carbons (Fsp3) is 0.182. The summed E-state index contributed by atoms with van der Waals surface area (Å²) in [6.07, 6.45) is 1.16. The number of halogens is 2. The molecule has 1 aliphatic rings. The lowest BCUT2D eigenvalue weighted by Gasteiger charge is -2.05. The average molecular weight is 285 g/mol. The van der Waals surface area contributed by atoms with Crippen LogP contribution in [0.25, 0.3) is 0 Å². The molecule has 0 spiro atoms. The van der Waals surface area contributed by atoms with Crippen LogP contribution in [0.2, 0.25) is 0 Å². The zero-order valence-corrected chi connectivity index (χ0v) is 10.6. The number of nitrogens with one attached hydrogen (secondary N) is 1. The summed E-state index contributed by atoms with van der Waals surface area (Å²) in [6, 6.07) is 1.79. The van der Waals surface area contributed by atoms with Crippen molar-refractivity contribution in [2.24, 2.45) is 10.2 Å². The number of thioether (sulfide) groups is 1. The third-order valence-corrected chi connectivity index (χ3v) is 3.04. The summed E-state index contributed by atoms with van der Waals surface area (Å²) >= 11 is 1.20. The lowest BCUT2D eigenvalue weighted by molar-refractivity contribution is -0.116. The lowest BCUT2D eigenvalue weighted by atomic mass is 10.2. The molecule has 5 nitrogen and oxygen atoms in total. The summed E-state index contributed by atoms with van der Waals surface area (Å²) in [4.78, 5) is 10.9. The molecular weight excluding hydrogens is 276 g/mol. The van der Waals surface area contributed by atoms with E-state index < -0.39 is 11.6 Å². The van der Waals surface area contributed by atoms with E-state index in [0.717, 1.165) is 18.3 Å². The van der Waals surface area contributed by atoms with Gasteiger partial charge in [0, 0.05) is 11.6 Å². The number of benzene rings is 1. The van der Waals surface area contributed by atoms with Gasteiger partial charge in [-0.15, -0.1) is 5.10 Å². The molecule has 1 N–H and O–H groups in total. The number of carbonyl (C=O) groups is 1. The Kier molecular flexibility index (Phi) is 4.10. The van der Waals surface area contributed by atoms with Gasteiger partial charge in [-0.3, -0.25) is 4.79 Å². The number of methoxy groups -OCH3 is 1. The molecular formula is C11H9F2N3O2S. The average Bonchev–Trinajstić information content (AvgIpc) is 2.74. The van der Waals surface area contributed by atoms with Gasteiger partial charge < -0.3 is 10.1 Å². The van der Waals surface area contributed by atoms with E-state index in [0.29, 0.717) is 5.17 Å². The molecule has 1 amide bonds. The molecule has 2 rings (SSSR count). The monoisotopic (exact) mass is 285 g/mol. The van der Waals surface area contributed by atoms with Crippen molar-refractivity contribution in [3.8, 4) is 5.75 Å². The summed E-state index contributed by atoms with van der Waals surface area (Å²) in [5.41, 5.74) is 0.124. The minimum Gasteiger partial charge on any atom is -0.493 e. The van der Waals surface area contributed by atoms with Gasteiger partial charge in [0.25, 0.3) is 0 Å². The number of carbonyl (C=O) groups excluding carboxylic acids is 1. The van der Waals surface area contributed by atoms with Crippen molar-refractivity contribution < 1.29 is 18.3 Å². The van der Waals surface area contributed by atoms with Gasteiger partial charge >= 0.3 is 0 Å². The van der Waals surface area contributed by atoms with Gasteiger partial charge in [0.2, 0.25) is 5.91 Å². The van der Waals surface area contributed by atoms with Gasteiger partial charge in [-0.25, -0.2) is 8.78 Å². The predicted octanol–water partition coefficient (Wildman–Crippen LogP) is 1.53. The van der Waals surface area contributed by atoms with Crippen LogP contribution in [0.5, 0.6) is 5.75 Å². The third-order valence-electron chi connectivity index (χ3n) is 2.17. The van der Waals surface area contributed by atoms with Gasteiger partial charge in [0.05, 0.1) is 19.1 Å². The van der Waals surface area contributed by atoms with Crippen LogP contribution in [0, 0.1) is 11.6 Å². The Morgan fingerprint density at radius 3 is 2.89 bits per heavy atom. The van der Waals surface area contributed by atoms with Crippen molar-refractivity contribution in [2.45, 2.75) is 0 Å². The van der Waals surface area contributed by atoms with Gasteiger partial charge in [-0.05, 0) is 6.07 Å². The number of amides is 1. The first-order chi connectivity index (χ1) is 9.10. The molecule has 1 aromatic rings. The molecule has 0 aromatic heterocycles. The molecule has 0 radical (unpaired) electrons. The molecule has 8 heteroatoms. The van der Waals surface area contributed by atoms with Crippen molar-refractivity contribution in [1.29, 1.82) is 0 Å². The summed E-state index contributed by atoms with van der Waals surface area (Å²) in [7, 11) is 1.27. The molecule has 0 saturated carbocycles. The number of ether oxygens (including phenoxy) is 1. The Morgan fingerprint density at radius 2 is 2.26 bits per heavy atom. The second-order valence-electron chi connectivity index (χ2n) is 3.50. The Balaban J connectivity index is 2.21. The smallest absolute Gasteiger partial charge is 0.236 e. The Labute approximate surface area is 111 Å². The maximum atomic E-state index is 13.4. The van der Waals surface area contributed by atoms with E-state index in [4.69, 9.17) is 4.74 Å². The largest absolute Gasteiger partial charge is 0.493 e. The molecule has 0 atom stereocenters. The second kappa shape index (κ2) is 5.79. The normalized spacial score (nSPS) is 17.2. The standard InChI is InChI=1S/C11H9F2N3O2S/c1-18-10-6(2-7(12)3-8(10)13)4-14-16-11-15-9(17)5-19-11/h2-4H,5H2,1H3,(H,15,16,17). The molecule has 19 heavy (non-hydrogen) atoms. The molecule has 1 aliphatic heterocycles. The van der Waals surface area contributed by atoms with Crippen molar-refractivity contribution in [1.82, 2.24) is 5.32 Å². The first-order valence-electron chi connectivity index (χ1n) is 5.17. The molecule has 1 aromatic carbocycles. The first-order valence-corrected chi connectivity index (χ1v) is 6.15. The maximum absolute atomic E-state index is 13.4. The van der Waals surface area contributed by atoms with Crippen molar-refractivity contribution >= 4 is 29.1 Å². The Morgan fingerprint density at radius 1 is 1.47 bits per heavy atom. The van der Waals surface area contributed by atoms with E-state index in [-0.39, 0.29) is 23.0 Å². The van der Waals surface area contributed by atoms with Crippen LogP contribution in [0.15, 0.2) is 22.3 Å². The molecule has 1 fully saturated rings. The molecule has 100 valence electrons. The third kappa shape index (κ3) is 3.28. The zero-order valence-electron chi connectivity index (χ0n) is 9.81. The van der Waals surface area contributed by atoms with Crippen LogP contribution in [-0.4, -0.2) is 30.2 Å². The summed E-state index contributed by atoms with van der Waals surface area (Å²) < 4.78 is 31.3. The van der Waals surface area contributed by atoms with Gasteiger partial charge in [-0.1, -0.05) is 11.8 Å². The van der Waals surface area contributed by atoms with Crippen LogP contribution < -0.4 is 10.1 Å². The van der Waals surface area contributed by atoms with E-state index in [2.05, 4.69) is 15.5 Å². The van der Waals surface area contributed by atoms with E-state index in [1.807, 2.05) is 0 Å². The maximum Gasteiger partial charge on any atom is 0.236 e. The highest BCUT2D eigenvalue weighted by molar-refractivity contribution is 8.15.